The number of carbonyl (C=O) groups is 1. The first-order chi connectivity index (χ1) is 8.61. The van der Waals surface area contributed by atoms with Crippen LogP contribution in [0.1, 0.15) is 60.9 Å². The maximum atomic E-state index is 11.5. The number of carbonyl (C=O) groups excluding carboxylic acids is 1. The second-order valence-corrected chi connectivity index (χ2v) is 6.64. The molecule has 1 heterocycles. The fraction of sp³-hybridized carbons (Fsp3) is 0.714. The van der Waals surface area contributed by atoms with Gasteiger partial charge < -0.3 is 0 Å². The van der Waals surface area contributed by atoms with E-state index in [1.807, 2.05) is 5.38 Å². The van der Waals surface area contributed by atoms with Gasteiger partial charge in [0.1, 0.15) is 5.69 Å². The van der Waals surface area contributed by atoms with Crippen LogP contribution in [-0.2, 0) is 0 Å². The summed E-state index contributed by atoms with van der Waals surface area (Å²) in [6.07, 6.45) is 5.01. The third-order valence-electron chi connectivity index (χ3n) is 3.99. The van der Waals surface area contributed by atoms with Crippen molar-refractivity contribution < 1.29 is 4.79 Å². The molecule has 0 saturated heterocycles. The van der Waals surface area contributed by atoms with Gasteiger partial charge in [-0.2, -0.15) is 0 Å². The highest BCUT2D eigenvalue weighted by Gasteiger charge is 2.26. The third kappa shape index (κ3) is 3.12. The van der Waals surface area contributed by atoms with Crippen LogP contribution in [-0.4, -0.2) is 16.6 Å². The van der Waals surface area contributed by atoms with Crippen LogP contribution in [0.15, 0.2) is 5.38 Å². The van der Waals surface area contributed by atoms with Crippen LogP contribution in [0.5, 0.6) is 0 Å². The van der Waals surface area contributed by atoms with Gasteiger partial charge in [0.25, 0.3) is 0 Å². The number of Topliss-reactive ketones (excluding diaryl/α,β-unsaturated/α-hetero) is 1. The summed E-state index contributed by atoms with van der Waals surface area (Å²) in [6.45, 7) is 4.62. The Bertz CT molecular complexity index is 408. The molecule has 2 nitrogen and oxygen atoms in total. The van der Waals surface area contributed by atoms with Crippen molar-refractivity contribution in [3.63, 3.8) is 0 Å². The molecule has 0 radical (unpaired) electrons. The zero-order valence-corrected chi connectivity index (χ0v) is 12.6. The molecule has 0 aromatic carbocycles. The summed E-state index contributed by atoms with van der Waals surface area (Å²) in [5, 5.41) is 2.99. The van der Waals surface area contributed by atoms with Crippen LogP contribution in [0.3, 0.4) is 0 Å². The van der Waals surface area contributed by atoms with Crippen molar-refractivity contribution >= 4 is 28.7 Å². The van der Waals surface area contributed by atoms with Gasteiger partial charge >= 0.3 is 0 Å². The number of hydrogen-bond donors (Lipinski definition) is 0. The molecular weight excluding hydrogens is 266 g/mol. The van der Waals surface area contributed by atoms with Gasteiger partial charge in [-0.15, -0.1) is 22.9 Å². The van der Waals surface area contributed by atoms with E-state index in [4.69, 9.17) is 11.6 Å². The molecule has 1 fully saturated rings. The Hall–Kier alpha value is -0.410. The smallest absolute Gasteiger partial charge is 0.196 e. The topological polar surface area (TPSA) is 30.0 Å². The fourth-order valence-corrected chi connectivity index (χ4v) is 3.84. The molecule has 1 aromatic rings. The van der Waals surface area contributed by atoms with E-state index >= 15 is 0 Å². The highest BCUT2D eigenvalue weighted by Crippen LogP contribution is 2.39. The van der Waals surface area contributed by atoms with Gasteiger partial charge in [-0.05, 0) is 37.5 Å². The van der Waals surface area contributed by atoms with Gasteiger partial charge in [-0.25, -0.2) is 4.98 Å². The van der Waals surface area contributed by atoms with Crippen LogP contribution < -0.4 is 0 Å². The zero-order chi connectivity index (χ0) is 13.1. The highest BCUT2D eigenvalue weighted by atomic mass is 35.5. The quantitative estimate of drug-likeness (QED) is 0.602. The number of halogens is 1. The summed E-state index contributed by atoms with van der Waals surface area (Å²) in [5.74, 6) is 2.18. The predicted octanol–water partition coefficient (Wildman–Crippen LogP) is 4.49. The van der Waals surface area contributed by atoms with Crippen LogP contribution in [0.4, 0.5) is 0 Å². The van der Waals surface area contributed by atoms with Crippen molar-refractivity contribution in [2.75, 3.05) is 5.88 Å². The number of aromatic nitrogens is 1. The SMILES string of the molecule is CC(C)C1CCC(c2nc(C(=O)CCl)cs2)CC1. The van der Waals surface area contributed by atoms with Crippen molar-refractivity contribution in [1.29, 1.82) is 0 Å². The van der Waals surface area contributed by atoms with E-state index in [1.165, 1.54) is 25.7 Å². The van der Waals surface area contributed by atoms with Gasteiger partial charge in [0.05, 0.1) is 10.9 Å². The van der Waals surface area contributed by atoms with Gasteiger partial charge in [0, 0.05) is 11.3 Å². The van der Waals surface area contributed by atoms with E-state index in [0.717, 1.165) is 16.8 Å². The Balaban J connectivity index is 1.97. The molecule has 4 heteroatoms. The van der Waals surface area contributed by atoms with Crippen LogP contribution >= 0.6 is 22.9 Å². The van der Waals surface area contributed by atoms with Crippen LogP contribution in [0, 0.1) is 11.8 Å². The highest BCUT2D eigenvalue weighted by molar-refractivity contribution is 7.10. The minimum absolute atomic E-state index is 0.0310. The Morgan fingerprint density at radius 3 is 2.67 bits per heavy atom. The standard InChI is InChI=1S/C14H20ClNOS/c1-9(2)10-3-5-11(6-4-10)14-16-12(8-18-14)13(17)7-15/h8-11H,3-7H2,1-2H3. The molecule has 0 amide bonds. The number of alkyl halides is 1. The van der Waals surface area contributed by atoms with Crippen molar-refractivity contribution in [2.45, 2.75) is 45.4 Å². The van der Waals surface area contributed by atoms with Crippen LogP contribution in [0.2, 0.25) is 0 Å². The lowest BCUT2D eigenvalue weighted by atomic mass is 9.77. The Morgan fingerprint density at radius 2 is 2.11 bits per heavy atom. The molecule has 1 saturated carbocycles. The molecule has 0 unspecified atom stereocenters. The van der Waals surface area contributed by atoms with E-state index in [2.05, 4.69) is 18.8 Å². The third-order valence-corrected chi connectivity index (χ3v) is 5.24. The van der Waals surface area contributed by atoms with E-state index in [9.17, 15) is 4.79 Å². The molecule has 0 N–H and O–H groups in total. The van der Waals surface area contributed by atoms with Crippen LogP contribution in [0.25, 0.3) is 0 Å². The van der Waals surface area contributed by atoms with Gasteiger partial charge in [-0.3, -0.25) is 4.79 Å². The van der Waals surface area contributed by atoms with E-state index in [1.54, 1.807) is 11.3 Å². The molecular formula is C14H20ClNOS. The molecule has 2 rings (SSSR count). The number of rotatable bonds is 4. The first-order valence-corrected chi connectivity index (χ1v) is 8.07. The van der Waals surface area contributed by atoms with E-state index < -0.39 is 0 Å². The van der Waals surface area contributed by atoms with Crippen molar-refractivity contribution in [1.82, 2.24) is 4.98 Å². The summed E-state index contributed by atoms with van der Waals surface area (Å²) < 4.78 is 0. The molecule has 1 aliphatic rings. The Kier molecular flexibility index (Phi) is 4.79. The molecule has 0 atom stereocenters. The van der Waals surface area contributed by atoms with Gasteiger partial charge in [0.15, 0.2) is 5.78 Å². The molecule has 18 heavy (non-hydrogen) atoms. The Labute approximate surface area is 118 Å². The minimum atomic E-state index is -0.0602. The van der Waals surface area contributed by atoms with Crippen molar-refractivity contribution in [3.05, 3.63) is 16.1 Å². The number of hydrogen-bond acceptors (Lipinski definition) is 3. The predicted molar refractivity (Wildman–Crippen MR) is 76.7 cm³/mol. The summed E-state index contributed by atoms with van der Waals surface area (Å²) in [7, 11) is 0. The summed E-state index contributed by atoms with van der Waals surface area (Å²) in [5.41, 5.74) is 0.552. The zero-order valence-electron chi connectivity index (χ0n) is 11.0. The lowest BCUT2D eigenvalue weighted by molar-refractivity contribution is 0.101. The fourth-order valence-electron chi connectivity index (χ4n) is 2.70. The van der Waals surface area contributed by atoms with Gasteiger partial charge in [0.2, 0.25) is 0 Å². The summed E-state index contributed by atoms with van der Waals surface area (Å²) in [6, 6.07) is 0. The average molecular weight is 286 g/mol. The molecule has 0 aliphatic heterocycles. The largest absolute Gasteiger partial charge is 0.291 e. The average Bonchev–Trinajstić information content (AvgIpc) is 2.87. The summed E-state index contributed by atoms with van der Waals surface area (Å²) in [4.78, 5) is 15.9. The first-order valence-electron chi connectivity index (χ1n) is 6.66. The second-order valence-electron chi connectivity index (χ2n) is 5.48. The molecule has 100 valence electrons. The minimum Gasteiger partial charge on any atom is -0.291 e. The lowest BCUT2D eigenvalue weighted by Crippen LogP contribution is -2.17. The number of nitrogens with zero attached hydrogens (tertiary/aromatic N) is 1. The lowest BCUT2D eigenvalue weighted by Gasteiger charge is -2.29. The number of thiazole rings is 1. The van der Waals surface area contributed by atoms with E-state index in [-0.39, 0.29) is 11.7 Å². The monoisotopic (exact) mass is 285 g/mol. The molecule has 0 bridgehead atoms. The maximum absolute atomic E-state index is 11.5. The molecule has 0 spiro atoms. The summed E-state index contributed by atoms with van der Waals surface area (Å²) >= 11 is 7.17. The molecule has 1 aliphatic carbocycles. The Morgan fingerprint density at radius 1 is 1.44 bits per heavy atom. The second kappa shape index (κ2) is 6.16. The normalized spacial score (nSPS) is 24.4. The van der Waals surface area contributed by atoms with E-state index in [0.29, 0.717) is 11.6 Å². The first kappa shape index (κ1) is 14.0. The van der Waals surface area contributed by atoms with Gasteiger partial charge in [-0.1, -0.05) is 13.8 Å². The van der Waals surface area contributed by atoms with Crippen molar-refractivity contribution in [2.24, 2.45) is 11.8 Å². The maximum Gasteiger partial charge on any atom is 0.196 e. The number of ketones is 1. The van der Waals surface area contributed by atoms with Crippen molar-refractivity contribution in [3.8, 4) is 0 Å². The molecule has 1 aromatic heterocycles.